The van der Waals surface area contributed by atoms with Crippen LogP contribution in [0.3, 0.4) is 0 Å². The largest absolute Gasteiger partial charge is 0.394 e. The van der Waals surface area contributed by atoms with E-state index < -0.39 is 86.8 Å². The molecule has 524 valence electrons. The second-order valence-corrected chi connectivity index (χ2v) is 26.8. The van der Waals surface area contributed by atoms with Crippen molar-refractivity contribution in [1.29, 1.82) is 0 Å². The van der Waals surface area contributed by atoms with Crippen LogP contribution in [-0.4, -0.2) is 140 Å². The van der Waals surface area contributed by atoms with Crippen LogP contribution in [0.4, 0.5) is 0 Å². The summed E-state index contributed by atoms with van der Waals surface area (Å²) in [4.78, 5) is 13.4. The van der Waals surface area contributed by atoms with E-state index in [2.05, 4.69) is 55.6 Å². The Morgan fingerprint density at radius 3 is 1.13 bits per heavy atom. The van der Waals surface area contributed by atoms with Crippen molar-refractivity contribution in [3.05, 3.63) is 36.5 Å². The molecule has 12 atom stereocenters. The highest BCUT2D eigenvalue weighted by atomic mass is 16.7. The van der Waals surface area contributed by atoms with E-state index >= 15 is 0 Å². The van der Waals surface area contributed by atoms with Crippen LogP contribution in [0.1, 0.15) is 341 Å². The summed E-state index contributed by atoms with van der Waals surface area (Å²) in [5.74, 6) is -0.206. The highest BCUT2D eigenvalue weighted by Gasteiger charge is 2.51. The molecule has 0 saturated carbocycles. The molecule has 0 bridgehead atoms. The van der Waals surface area contributed by atoms with Crippen LogP contribution in [-0.2, 0) is 23.7 Å². The molecule has 0 radical (unpaired) electrons. The summed E-state index contributed by atoms with van der Waals surface area (Å²) in [6.45, 7) is 2.90. The van der Waals surface area contributed by atoms with Crippen molar-refractivity contribution in [1.82, 2.24) is 5.32 Å². The molecule has 0 aromatic rings. The molecular weight excluding hydrogens is 1120 g/mol. The third kappa shape index (κ3) is 43.7. The van der Waals surface area contributed by atoms with Crippen LogP contribution in [0.15, 0.2) is 36.5 Å². The molecule has 9 N–H and O–H groups in total. The van der Waals surface area contributed by atoms with Crippen molar-refractivity contribution in [2.24, 2.45) is 0 Å². The summed E-state index contributed by atoms with van der Waals surface area (Å²) in [6, 6.07) is -0.833. The SMILES string of the molecule is CCCCCCC/C=C\C/C=C\C/C=C\CCCCCCCCCCCCC(=O)NC(COC1OC(CO)C(OC2OC(CO)C(O)C(O)C2O)C(O)C1O)C(O)CCCCCCCCCCCCCCCCCCCCCCCCCCCCCCCC. The topological polar surface area (TPSA) is 228 Å². The minimum atomic E-state index is -1.78. The smallest absolute Gasteiger partial charge is 0.220 e. The molecule has 0 spiro atoms. The molecule has 0 aromatic carbocycles. The third-order valence-corrected chi connectivity index (χ3v) is 18.6. The Balaban J connectivity index is 1.64. The van der Waals surface area contributed by atoms with Crippen molar-refractivity contribution in [3.63, 3.8) is 0 Å². The van der Waals surface area contributed by atoms with Gasteiger partial charge in [0.1, 0.15) is 48.8 Å². The number of aliphatic hydroxyl groups is 8. The molecule has 2 saturated heterocycles. The fraction of sp³-hybridized carbons (Fsp3) is 0.907. The van der Waals surface area contributed by atoms with Gasteiger partial charge in [0, 0.05) is 6.42 Å². The summed E-state index contributed by atoms with van der Waals surface area (Å²) >= 11 is 0. The normalized spacial score (nSPS) is 23.2. The molecule has 0 aromatic heterocycles. The maximum absolute atomic E-state index is 13.4. The molecule has 2 aliphatic heterocycles. The van der Waals surface area contributed by atoms with Crippen LogP contribution in [0, 0.1) is 0 Å². The summed E-state index contributed by atoms with van der Waals surface area (Å²) in [5, 5.41) is 87.7. The molecule has 14 heteroatoms. The van der Waals surface area contributed by atoms with Crippen molar-refractivity contribution >= 4 is 5.91 Å². The van der Waals surface area contributed by atoms with E-state index in [0.717, 1.165) is 70.6 Å². The van der Waals surface area contributed by atoms with E-state index in [0.29, 0.717) is 12.8 Å². The molecule has 14 nitrogen and oxygen atoms in total. The Kier molecular flexibility index (Phi) is 56.1. The summed E-state index contributed by atoms with van der Waals surface area (Å²) in [7, 11) is 0. The minimum Gasteiger partial charge on any atom is -0.394 e. The average molecular weight is 1260 g/mol. The lowest BCUT2D eigenvalue weighted by molar-refractivity contribution is -0.359. The van der Waals surface area contributed by atoms with Crippen LogP contribution in [0.25, 0.3) is 0 Å². The van der Waals surface area contributed by atoms with Gasteiger partial charge in [-0.15, -0.1) is 0 Å². The van der Waals surface area contributed by atoms with E-state index in [1.165, 1.54) is 244 Å². The van der Waals surface area contributed by atoms with E-state index in [4.69, 9.17) is 18.9 Å². The van der Waals surface area contributed by atoms with Crippen LogP contribution >= 0.6 is 0 Å². The van der Waals surface area contributed by atoms with Gasteiger partial charge in [0.25, 0.3) is 0 Å². The van der Waals surface area contributed by atoms with Gasteiger partial charge in [-0.2, -0.15) is 0 Å². The van der Waals surface area contributed by atoms with Gasteiger partial charge in [0.2, 0.25) is 5.91 Å². The number of allylic oxidation sites excluding steroid dienone is 6. The van der Waals surface area contributed by atoms with Gasteiger partial charge in [0.05, 0.1) is 32.0 Å². The number of hydrogen-bond acceptors (Lipinski definition) is 13. The number of hydrogen-bond donors (Lipinski definition) is 9. The number of carbonyl (C=O) groups excluding carboxylic acids is 1. The van der Waals surface area contributed by atoms with Gasteiger partial charge in [-0.3, -0.25) is 4.79 Å². The molecule has 0 aliphatic carbocycles. The number of carbonyl (C=O) groups is 1. The van der Waals surface area contributed by atoms with Gasteiger partial charge >= 0.3 is 0 Å². The van der Waals surface area contributed by atoms with Gasteiger partial charge in [-0.1, -0.05) is 320 Å². The predicted molar refractivity (Wildman–Crippen MR) is 365 cm³/mol. The third-order valence-electron chi connectivity index (χ3n) is 18.6. The summed E-state index contributed by atoms with van der Waals surface area (Å²) < 4.78 is 23.0. The molecule has 89 heavy (non-hydrogen) atoms. The zero-order valence-electron chi connectivity index (χ0n) is 57.2. The number of rotatable bonds is 63. The Hall–Kier alpha value is -1.79. The van der Waals surface area contributed by atoms with Crippen molar-refractivity contribution in [2.45, 2.75) is 415 Å². The van der Waals surface area contributed by atoms with Gasteiger partial charge in [0.15, 0.2) is 12.6 Å². The Morgan fingerprint density at radius 1 is 0.404 bits per heavy atom. The van der Waals surface area contributed by atoms with Crippen molar-refractivity contribution in [3.8, 4) is 0 Å². The quantitative estimate of drug-likeness (QED) is 0.0204. The molecule has 2 aliphatic rings. The van der Waals surface area contributed by atoms with Gasteiger partial charge < -0.3 is 65.1 Å². The fourth-order valence-electron chi connectivity index (χ4n) is 12.6. The lowest BCUT2D eigenvalue weighted by Crippen LogP contribution is -2.65. The first kappa shape index (κ1) is 83.3. The van der Waals surface area contributed by atoms with E-state index in [1.54, 1.807) is 0 Å². The fourth-order valence-corrected chi connectivity index (χ4v) is 12.6. The van der Waals surface area contributed by atoms with Crippen LogP contribution in [0.2, 0.25) is 0 Å². The Labute approximate surface area is 544 Å². The number of nitrogens with one attached hydrogen (secondary N) is 1. The second kappa shape index (κ2) is 59.9. The minimum absolute atomic E-state index is 0.206. The molecular formula is C75H141NO13. The number of amides is 1. The molecule has 2 heterocycles. The zero-order chi connectivity index (χ0) is 64.5. The molecule has 2 fully saturated rings. The molecule has 12 unspecified atom stereocenters. The monoisotopic (exact) mass is 1260 g/mol. The van der Waals surface area contributed by atoms with Gasteiger partial charge in [-0.05, 0) is 51.4 Å². The summed E-state index contributed by atoms with van der Waals surface area (Å²) in [6.07, 6.45) is 60.2. The standard InChI is InChI=1S/C75H141NO13/c1-3-5-7-9-11-13-15-17-19-21-23-25-27-29-30-31-32-33-35-36-38-40-42-44-46-48-50-52-54-56-58-64(79)63(62-86-74-72(85)70(83)73(66(61-78)88-74)89-75-71(84)69(82)68(81)65(60-77)87-75)76-67(80)59-57-55-53-51-49-47-45-43-41-39-37-34-28-26-24-22-20-18-16-14-12-10-8-6-4-2/h16,18,22,24,28,34,63-66,68-75,77-79,81-85H,3-15,17,19-21,23,25-27,29-33,35-62H2,1-2H3,(H,76,80)/b18-16-,24-22-,34-28-. The predicted octanol–water partition coefficient (Wildman–Crippen LogP) is 16.1. The van der Waals surface area contributed by atoms with Crippen molar-refractivity contribution in [2.75, 3.05) is 19.8 Å². The number of ether oxygens (including phenoxy) is 4. The lowest BCUT2D eigenvalue weighted by atomic mass is 9.97. The van der Waals surface area contributed by atoms with Crippen molar-refractivity contribution < 1.29 is 64.6 Å². The summed E-state index contributed by atoms with van der Waals surface area (Å²) in [5.41, 5.74) is 0. The molecule has 2 rings (SSSR count). The zero-order valence-corrected chi connectivity index (χ0v) is 57.2. The maximum atomic E-state index is 13.4. The van der Waals surface area contributed by atoms with E-state index in [9.17, 15) is 45.6 Å². The number of aliphatic hydroxyl groups excluding tert-OH is 8. The Bertz CT molecular complexity index is 1630. The maximum Gasteiger partial charge on any atom is 0.220 e. The lowest BCUT2D eigenvalue weighted by Gasteiger charge is -2.46. The molecule has 1 amide bonds. The first-order valence-electron chi connectivity index (χ1n) is 37.7. The van der Waals surface area contributed by atoms with Crippen LogP contribution in [0.5, 0.6) is 0 Å². The Morgan fingerprint density at radius 2 is 0.742 bits per heavy atom. The second-order valence-electron chi connectivity index (χ2n) is 26.8. The highest BCUT2D eigenvalue weighted by molar-refractivity contribution is 5.76. The van der Waals surface area contributed by atoms with E-state index in [-0.39, 0.29) is 12.5 Å². The first-order valence-corrected chi connectivity index (χ1v) is 37.7. The van der Waals surface area contributed by atoms with E-state index in [1.807, 2.05) is 0 Å². The van der Waals surface area contributed by atoms with Crippen LogP contribution < -0.4 is 5.32 Å². The highest BCUT2D eigenvalue weighted by Crippen LogP contribution is 2.30. The van der Waals surface area contributed by atoms with Gasteiger partial charge in [-0.25, -0.2) is 0 Å². The first-order chi connectivity index (χ1) is 43.6. The average Bonchev–Trinajstić information content (AvgIpc) is 1.37. The number of unbranched alkanes of at least 4 members (excludes halogenated alkanes) is 44.